The molecular formula is C15H33N3O. The second-order valence-corrected chi connectivity index (χ2v) is 6.27. The molecule has 1 atom stereocenters. The van der Waals surface area contributed by atoms with Gasteiger partial charge in [-0.2, -0.15) is 0 Å². The molecule has 4 nitrogen and oxygen atoms in total. The van der Waals surface area contributed by atoms with E-state index in [2.05, 4.69) is 43.2 Å². The normalized spacial score (nSPS) is 24.3. The Morgan fingerprint density at radius 2 is 2.00 bits per heavy atom. The minimum absolute atomic E-state index is 0.314. The maximum absolute atomic E-state index is 5.77. The maximum atomic E-state index is 5.77. The van der Waals surface area contributed by atoms with Gasteiger partial charge >= 0.3 is 0 Å². The molecule has 0 saturated carbocycles. The number of nitrogens with one attached hydrogen (secondary N) is 1. The Labute approximate surface area is 119 Å². The highest BCUT2D eigenvalue weighted by Crippen LogP contribution is 2.29. The van der Waals surface area contributed by atoms with E-state index in [0.717, 1.165) is 39.4 Å². The van der Waals surface area contributed by atoms with Crippen LogP contribution < -0.4 is 5.32 Å². The summed E-state index contributed by atoms with van der Waals surface area (Å²) in [7, 11) is 6.36. The molecule has 0 aliphatic carbocycles. The van der Waals surface area contributed by atoms with Crippen molar-refractivity contribution in [1.82, 2.24) is 15.1 Å². The second-order valence-electron chi connectivity index (χ2n) is 6.27. The second kappa shape index (κ2) is 8.90. The number of hydrogen-bond acceptors (Lipinski definition) is 4. The molecule has 1 heterocycles. The van der Waals surface area contributed by atoms with Crippen molar-refractivity contribution in [2.24, 2.45) is 5.41 Å². The molecule has 0 amide bonds. The van der Waals surface area contributed by atoms with E-state index >= 15 is 0 Å². The van der Waals surface area contributed by atoms with Crippen molar-refractivity contribution in [2.45, 2.75) is 26.2 Å². The zero-order valence-corrected chi connectivity index (χ0v) is 13.4. The first-order valence-corrected chi connectivity index (χ1v) is 7.71. The van der Waals surface area contributed by atoms with Crippen molar-refractivity contribution in [3.8, 4) is 0 Å². The highest BCUT2D eigenvalue weighted by atomic mass is 16.5. The third-order valence-corrected chi connectivity index (χ3v) is 3.92. The molecule has 19 heavy (non-hydrogen) atoms. The van der Waals surface area contributed by atoms with Crippen molar-refractivity contribution in [2.75, 3.05) is 67.1 Å². The molecule has 0 spiro atoms. The van der Waals surface area contributed by atoms with Crippen LogP contribution in [-0.4, -0.2) is 76.9 Å². The first kappa shape index (κ1) is 16.9. The molecule has 1 fully saturated rings. The Bertz CT molecular complexity index is 222. The first-order valence-electron chi connectivity index (χ1n) is 7.71. The lowest BCUT2D eigenvalue weighted by atomic mass is 9.81. The Morgan fingerprint density at radius 1 is 1.21 bits per heavy atom. The van der Waals surface area contributed by atoms with Crippen molar-refractivity contribution >= 4 is 0 Å². The zero-order valence-electron chi connectivity index (χ0n) is 13.4. The summed E-state index contributed by atoms with van der Waals surface area (Å²) in [5.41, 5.74) is 0.314. The van der Waals surface area contributed by atoms with E-state index in [-0.39, 0.29) is 0 Å². The summed E-state index contributed by atoms with van der Waals surface area (Å²) >= 11 is 0. The smallest absolute Gasteiger partial charge is 0.0546 e. The molecule has 1 rings (SSSR count). The highest BCUT2D eigenvalue weighted by Gasteiger charge is 2.33. The lowest BCUT2D eigenvalue weighted by molar-refractivity contribution is -0.0259. The fourth-order valence-electron chi connectivity index (χ4n) is 3.01. The SMILES string of the molecule is CCCN(CCN(C)C)CC1(CNC)CCCOC1. The molecule has 1 N–H and O–H groups in total. The molecular weight excluding hydrogens is 238 g/mol. The van der Waals surface area contributed by atoms with Crippen molar-refractivity contribution in [3.63, 3.8) is 0 Å². The summed E-state index contributed by atoms with van der Waals surface area (Å²) in [5.74, 6) is 0. The van der Waals surface area contributed by atoms with E-state index in [4.69, 9.17) is 4.74 Å². The molecule has 1 unspecified atom stereocenters. The fourth-order valence-corrected chi connectivity index (χ4v) is 3.01. The van der Waals surface area contributed by atoms with Crippen LogP contribution in [0, 0.1) is 5.41 Å². The van der Waals surface area contributed by atoms with Gasteiger partial charge in [0, 0.05) is 38.2 Å². The predicted octanol–water partition coefficient (Wildman–Crippen LogP) is 1.28. The lowest BCUT2D eigenvalue weighted by Crippen LogP contribution is -2.49. The molecule has 1 aliphatic rings. The Hall–Kier alpha value is -0.160. The minimum atomic E-state index is 0.314. The minimum Gasteiger partial charge on any atom is -0.381 e. The number of rotatable bonds is 9. The van der Waals surface area contributed by atoms with Gasteiger partial charge in [0.25, 0.3) is 0 Å². The van der Waals surface area contributed by atoms with Crippen LogP contribution in [0.3, 0.4) is 0 Å². The van der Waals surface area contributed by atoms with E-state index in [9.17, 15) is 0 Å². The summed E-state index contributed by atoms with van der Waals surface area (Å²) < 4.78 is 5.77. The molecule has 114 valence electrons. The maximum Gasteiger partial charge on any atom is 0.0546 e. The third-order valence-electron chi connectivity index (χ3n) is 3.92. The summed E-state index contributed by atoms with van der Waals surface area (Å²) in [6.07, 6.45) is 3.72. The Morgan fingerprint density at radius 3 is 2.53 bits per heavy atom. The fraction of sp³-hybridized carbons (Fsp3) is 1.00. The van der Waals surface area contributed by atoms with Crippen LogP contribution in [0.5, 0.6) is 0 Å². The van der Waals surface area contributed by atoms with Gasteiger partial charge in [0.2, 0.25) is 0 Å². The van der Waals surface area contributed by atoms with Gasteiger partial charge < -0.3 is 19.9 Å². The van der Waals surface area contributed by atoms with Gasteiger partial charge in [-0.05, 0) is 47.0 Å². The van der Waals surface area contributed by atoms with Crippen LogP contribution in [0.25, 0.3) is 0 Å². The predicted molar refractivity (Wildman–Crippen MR) is 81.7 cm³/mol. The van der Waals surface area contributed by atoms with E-state index in [1.165, 1.54) is 25.8 Å². The third kappa shape index (κ3) is 6.21. The molecule has 0 bridgehead atoms. The zero-order chi connectivity index (χ0) is 14.1. The van der Waals surface area contributed by atoms with Crippen LogP contribution in [0.15, 0.2) is 0 Å². The van der Waals surface area contributed by atoms with Crippen molar-refractivity contribution in [1.29, 1.82) is 0 Å². The molecule has 0 aromatic rings. The van der Waals surface area contributed by atoms with E-state index in [1.54, 1.807) is 0 Å². The van der Waals surface area contributed by atoms with Crippen molar-refractivity contribution < 1.29 is 4.74 Å². The molecule has 1 saturated heterocycles. The van der Waals surface area contributed by atoms with Crippen LogP contribution >= 0.6 is 0 Å². The van der Waals surface area contributed by atoms with Gasteiger partial charge in [-0.15, -0.1) is 0 Å². The molecule has 0 aromatic carbocycles. The van der Waals surface area contributed by atoms with Gasteiger partial charge in [-0.25, -0.2) is 0 Å². The van der Waals surface area contributed by atoms with E-state index in [0.29, 0.717) is 5.41 Å². The average molecular weight is 271 g/mol. The number of nitrogens with zero attached hydrogens (tertiary/aromatic N) is 2. The lowest BCUT2D eigenvalue weighted by Gasteiger charge is -2.41. The summed E-state index contributed by atoms with van der Waals surface area (Å²) in [5, 5.41) is 3.37. The molecule has 4 heteroatoms. The first-order chi connectivity index (χ1) is 9.12. The molecule has 0 radical (unpaired) electrons. The van der Waals surface area contributed by atoms with Gasteiger partial charge in [0.05, 0.1) is 6.61 Å². The molecule has 1 aliphatic heterocycles. The Kier molecular flexibility index (Phi) is 7.91. The topological polar surface area (TPSA) is 27.7 Å². The highest BCUT2D eigenvalue weighted by molar-refractivity contribution is 4.87. The summed E-state index contributed by atoms with van der Waals surface area (Å²) in [4.78, 5) is 4.89. The quantitative estimate of drug-likeness (QED) is 0.684. The van der Waals surface area contributed by atoms with E-state index in [1.807, 2.05) is 0 Å². The van der Waals surface area contributed by atoms with Gasteiger partial charge in [-0.3, -0.25) is 0 Å². The number of likely N-dealkylation sites (N-methyl/N-ethyl adjacent to an activating group) is 1. The van der Waals surface area contributed by atoms with Crippen LogP contribution in [0.2, 0.25) is 0 Å². The molecule has 0 aromatic heterocycles. The Balaban J connectivity index is 2.55. The van der Waals surface area contributed by atoms with Gasteiger partial charge in [-0.1, -0.05) is 6.92 Å². The summed E-state index contributed by atoms with van der Waals surface area (Å²) in [6, 6.07) is 0. The number of ether oxygens (including phenoxy) is 1. The van der Waals surface area contributed by atoms with Gasteiger partial charge in [0.15, 0.2) is 0 Å². The van der Waals surface area contributed by atoms with Crippen LogP contribution in [-0.2, 0) is 4.74 Å². The number of hydrogen-bond donors (Lipinski definition) is 1. The summed E-state index contributed by atoms with van der Waals surface area (Å²) in [6.45, 7) is 9.84. The largest absolute Gasteiger partial charge is 0.381 e. The van der Waals surface area contributed by atoms with Crippen LogP contribution in [0.1, 0.15) is 26.2 Å². The van der Waals surface area contributed by atoms with Crippen LogP contribution in [0.4, 0.5) is 0 Å². The monoisotopic (exact) mass is 271 g/mol. The van der Waals surface area contributed by atoms with Gasteiger partial charge in [0.1, 0.15) is 0 Å². The van der Waals surface area contributed by atoms with Crippen molar-refractivity contribution in [3.05, 3.63) is 0 Å². The van der Waals surface area contributed by atoms with E-state index < -0.39 is 0 Å². The average Bonchev–Trinajstić information content (AvgIpc) is 2.37. The standard InChI is InChI=1S/C15H33N3O/c1-5-8-18(10-9-17(3)4)13-15(12-16-2)7-6-11-19-14-15/h16H,5-14H2,1-4H3.